The summed E-state index contributed by atoms with van der Waals surface area (Å²) in [6, 6.07) is 0. The molecule has 4 aliphatic carbocycles. The van der Waals surface area contributed by atoms with E-state index in [2.05, 4.69) is 31.0 Å². The minimum absolute atomic E-state index is 0.0512. The molecule has 164 valence electrons. The van der Waals surface area contributed by atoms with Crippen LogP contribution >= 0.6 is 0 Å². The molecule has 4 heteroatoms. The molecular formula is C26H37NO3. The molecule has 3 saturated carbocycles. The molecule has 0 amide bonds. The number of ketones is 1. The molecule has 4 fully saturated rings. The summed E-state index contributed by atoms with van der Waals surface area (Å²) in [6.45, 7) is 8.46. The smallest absolute Gasteiger partial charge is 0.302 e. The molecule has 0 aromatic rings. The van der Waals surface area contributed by atoms with Crippen molar-refractivity contribution in [3.8, 4) is 0 Å². The molecular weight excluding hydrogens is 374 g/mol. The van der Waals surface area contributed by atoms with Crippen LogP contribution in [-0.4, -0.2) is 35.8 Å². The number of ether oxygens (including phenoxy) is 1. The number of rotatable bonds is 2. The Bertz CT molecular complexity index is 807. The van der Waals surface area contributed by atoms with Crippen molar-refractivity contribution in [3.63, 3.8) is 0 Å². The van der Waals surface area contributed by atoms with Gasteiger partial charge in [0.1, 0.15) is 6.10 Å². The van der Waals surface area contributed by atoms with Gasteiger partial charge in [0.2, 0.25) is 0 Å². The quantitative estimate of drug-likeness (QED) is 0.363. The van der Waals surface area contributed by atoms with Crippen molar-refractivity contribution in [2.45, 2.75) is 84.7 Å². The number of allylic oxidation sites excluding steroid dienone is 2. The second kappa shape index (κ2) is 7.24. The second-order valence-corrected chi connectivity index (χ2v) is 11.1. The summed E-state index contributed by atoms with van der Waals surface area (Å²) in [7, 11) is 0. The van der Waals surface area contributed by atoms with E-state index in [9.17, 15) is 9.59 Å². The Balaban J connectivity index is 1.40. The van der Waals surface area contributed by atoms with Gasteiger partial charge in [-0.2, -0.15) is 0 Å². The number of carbonyl (C=O) groups excluding carboxylic acids is 2. The second-order valence-electron chi connectivity index (χ2n) is 11.1. The van der Waals surface area contributed by atoms with Crippen LogP contribution in [0.5, 0.6) is 0 Å². The average molecular weight is 412 g/mol. The number of fused-ring (bicyclic) bond motifs is 5. The van der Waals surface area contributed by atoms with Crippen molar-refractivity contribution in [1.29, 1.82) is 0 Å². The van der Waals surface area contributed by atoms with Crippen LogP contribution in [0.15, 0.2) is 23.4 Å². The number of hydrogen-bond donors (Lipinski definition) is 0. The first-order valence-corrected chi connectivity index (χ1v) is 12.2. The van der Waals surface area contributed by atoms with Gasteiger partial charge in [-0.05, 0) is 74.5 Å². The third-order valence-electron chi connectivity index (χ3n) is 9.51. The number of hydrogen-bond acceptors (Lipinski definition) is 4. The molecule has 1 aliphatic heterocycles. The zero-order valence-corrected chi connectivity index (χ0v) is 18.9. The number of likely N-dealkylation sites (tertiary alicyclic amines) is 1. The van der Waals surface area contributed by atoms with Gasteiger partial charge in [-0.3, -0.25) is 9.59 Å². The van der Waals surface area contributed by atoms with E-state index in [1.165, 1.54) is 25.3 Å². The van der Waals surface area contributed by atoms with Gasteiger partial charge in [-0.1, -0.05) is 25.5 Å². The summed E-state index contributed by atoms with van der Waals surface area (Å²) in [4.78, 5) is 27.3. The van der Waals surface area contributed by atoms with Crippen LogP contribution in [0.1, 0.15) is 78.6 Å². The largest absolute Gasteiger partial charge is 0.462 e. The van der Waals surface area contributed by atoms with Gasteiger partial charge in [0.25, 0.3) is 0 Å². The van der Waals surface area contributed by atoms with E-state index < -0.39 is 0 Å². The van der Waals surface area contributed by atoms with Crippen LogP contribution in [0.25, 0.3) is 0 Å². The third kappa shape index (κ3) is 3.08. The van der Waals surface area contributed by atoms with Crippen LogP contribution in [-0.2, 0) is 14.3 Å². The molecule has 0 aromatic heterocycles. The third-order valence-corrected chi connectivity index (χ3v) is 9.51. The van der Waals surface area contributed by atoms with Gasteiger partial charge >= 0.3 is 5.97 Å². The van der Waals surface area contributed by atoms with Crippen LogP contribution in [0.2, 0.25) is 0 Å². The summed E-state index contributed by atoms with van der Waals surface area (Å²) in [5.74, 6) is 2.03. The Morgan fingerprint density at radius 2 is 1.83 bits per heavy atom. The van der Waals surface area contributed by atoms with Crippen molar-refractivity contribution < 1.29 is 14.3 Å². The summed E-state index contributed by atoms with van der Waals surface area (Å²) < 4.78 is 5.56. The lowest BCUT2D eigenvalue weighted by Crippen LogP contribution is -2.50. The molecule has 0 spiro atoms. The Morgan fingerprint density at radius 3 is 2.57 bits per heavy atom. The first-order valence-electron chi connectivity index (χ1n) is 12.2. The fourth-order valence-electron chi connectivity index (χ4n) is 7.84. The van der Waals surface area contributed by atoms with Crippen LogP contribution in [0, 0.1) is 28.6 Å². The SMILES string of the molecule is CC(=O)O[C@H]1CC[C@@]2(C)C(=CC[C@@H]3[C@@H]2CC[C@]2(C)C(=O)/C(=C\N4CCCC4)C[C@@H]32)C1. The van der Waals surface area contributed by atoms with Gasteiger partial charge in [-0.25, -0.2) is 0 Å². The van der Waals surface area contributed by atoms with E-state index in [0.29, 0.717) is 23.5 Å². The maximum atomic E-state index is 13.5. The van der Waals surface area contributed by atoms with E-state index in [4.69, 9.17) is 4.74 Å². The van der Waals surface area contributed by atoms with E-state index in [1.807, 2.05) is 0 Å². The van der Waals surface area contributed by atoms with Crippen LogP contribution in [0.4, 0.5) is 0 Å². The fraction of sp³-hybridized carbons (Fsp3) is 0.769. The first-order chi connectivity index (χ1) is 14.3. The summed E-state index contributed by atoms with van der Waals surface area (Å²) in [5, 5.41) is 0. The highest BCUT2D eigenvalue weighted by Gasteiger charge is 2.60. The van der Waals surface area contributed by atoms with Crippen LogP contribution in [0.3, 0.4) is 0 Å². The lowest BCUT2D eigenvalue weighted by atomic mass is 9.48. The van der Waals surface area contributed by atoms with Crippen molar-refractivity contribution >= 4 is 11.8 Å². The molecule has 0 aromatic carbocycles. The van der Waals surface area contributed by atoms with Crippen molar-refractivity contribution in [1.82, 2.24) is 4.90 Å². The normalized spacial score (nSPS) is 44.4. The standard InChI is InChI=1S/C26H37NO3/c1-17(28)30-20-8-10-25(2)19(15-20)6-7-21-22(25)9-11-26(3)23(21)14-18(24(26)29)16-27-12-4-5-13-27/h6,16,20-23H,4-5,7-15H2,1-3H3/b18-16-/t20-,21+,22-,23-,25-,26-/m0/s1. The monoisotopic (exact) mass is 411 g/mol. The molecule has 6 atom stereocenters. The highest BCUT2D eigenvalue weighted by molar-refractivity contribution is 6.02. The molecule has 1 heterocycles. The fourth-order valence-corrected chi connectivity index (χ4v) is 7.84. The molecule has 4 nitrogen and oxygen atoms in total. The van der Waals surface area contributed by atoms with Gasteiger partial charge in [-0.15, -0.1) is 0 Å². The van der Waals surface area contributed by atoms with Gasteiger partial charge in [0.05, 0.1) is 0 Å². The minimum Gasteiger partial charge on any atom is -0.462 e. The van der Waals surface area contributed by atoms with E-state index in [1.54, 1.807) is 0 Å². The number of nitrogens with zero attached hydrogens (tertiary/aromatic N) is 1. The summed E-state index contributed by atoms with van der Waals surface area (Å²) >= 11 is 0. The van der Waals surface area contributed by atoms with Gasteiger partial charge in [0, 0.05) is 43.6 Å². The molecule has 0 unspecified atom stereocenters. The Hall–Kier alpha value is -1.58. The van der Waals surface area contributed by atoms with Crippen LogP contribution < -0.4 is 0 Å². The van der Waals surface area contributed by atoms with E-state index >= 15 is 0 Å². The molecule has 30 heavy (non-hydrogen) atoms. The number of esters is 1. The van der Waals surface area contributed by atoms with Gasteiger partial charge in [0.15, 0.2) is 5.78 Å². The van der Waals surface area contributed by atoms with Gasteiger partial charge < -0.3 is 9.64 Å². The van der Waals surface area contributed by atoms with Crippen molar-refractivity contribution in [2.75, 3.05) is 13.1 Å². The predicted molar refractivity (Wildman–Crippen MR) is 117 cm³/mol. The molecule has 0 radical (unpaired) electrons. The van der Waals surface area contributed by atoms with E-state index in [-0.39, 0.29) is 22.9 Å². The lowest BCUT2D eigenvalue weighted by molar-refractivity contribution is -0.148. The molecule has 0 N–H and O–H groups in total. The first kappa shape index (κ1) is 20.3. The number of carbonyl (C=O) groups is 2. The van der Waals surface area contributed by atoms with Crippen molar-refractivity contribution in [2.24, 2.45) is 28.6 Å². The van der Waals surface area contributed by atoms with Crippen molar-refractivity contribution in [3.05, 3.63) is 23.4 Å². The zero-order valence-electron chi connectivity index (χ0n) is 18.9. The predicted octanol–water partition coefficient (Wildman–Crippen LogP) is 5.04. The Labute approximate surface area is 181 Å². The Kier molecular flexibility index (Phi) is 4.91. The maximum Gasteiger partial charge on any atom is 0.302 e. The summed E-state index contributed by atoms with van der Waals surface area (Å²) in [5.41, 5.74) is 2.67. The highest BCUT2D eigenvalue weighted by atomic mass is 16.5. The summed E-state index contributed by atoms with van der Waals surface area (Å²) in [6.07, 6.45) is 14.5. The molecule has 5 rings (SSSR count). The maximum absolute atomic E-state index is 13.5. The average Bonchev–Trinajstić information content (AvgIpc) is 3.29. The zero-order chi connectivity index (χ0) is 21.1. The highest BCUT2D eigenvalue weighted by Crippen LogP contribution is 2.64. The molecule has 5 aliphatic rings. The van der Waals surface area contributed by atoms with E-state index in [0.717, 1.165) is 63.6 Å². The molecule has 1 saturated heterocycles. The number of Topliss-reactive ketones (excluding diaryl/α,β-unsaturated/α-hetero) is 1. The topological polar surface area (TPSA) is 46.6 Å². The minimum atomic E-state index is -0.163. The lowest BCUT2D eigenvalue weighted by Gasteiger charge is -2.56. The Morgan fingerprint density at radius 1 is 1.10 bits per heavy atom. The molecule has 0 bridgehead atoms.